The quantitative estimate of drug-likeness (QED) is 0.177. The molecule has 6 heteroatoms. The molecule has 0 amide bonds. The molecule has 0 aliphatic rings. The van der Waals surface area contributed by atoms with E-state index in [4.69, 9.17) is 17.7 Å². The van der Waals surface area contributed by atoms with Crippen LogP contribution in [-0.4, -0.2) is 8.80 Å². The van der Waals surface area contributed by atoms with E-state index in [0.717, 1.165) is 110 Å². The molecule has 85 heavy (non-hydrogen) atoms. The third-order valence-electron chi connectivity index (χ3n) is 18.5. The minimum Gasteiger partial charge on any atom is -0.454 e. The molecular formula is C79H44N2O4. The number of hydrogen-bond acceptors (Lipinski definition) is 4. The average Bonchev–Trinajstić information content (AvgIpc) is 1.67. The van der Waals surface area contributed by atoms with E-state index in [2.05, 4.69) is 240 Å². The molecule has 13 aromatic carbocycles. The average molecular weight is 1090 g/mol. The molecule has 0 aliphatic carbocycles. The van der Waals surface area contributed by atoms with Gasteiger partial charge in [0, 0.05) is 86.2 Å². The van der Waals surface area contributed by atoms with Crippen molar-refractivity contribution in [2.75, 3.05) is 0 Å². The number of benzene rings is 13. The Balaban J connectivity index is 0.000000122. The third-order valence-corrected chi connectivity index (χ3v) is 18.5. The second-order valence-corrected chi connectivity index (χ2v) is 23.1. The Morgan fingerprint density at radius 2 is 0.459 bits per heavy atom. The number of fused-ring (bicyclic) bond motifs is 28. The van der Waals surface area contributed by atoms with Crippen LogP contribution in [0.15, 0.2) is 266 Å². The molecular weight excluding hydrogens is 1040 g/mol. The van der Waals surface area contributed by atoms with Gasteiger partial charge in [-0.25, -0.2) is 0 Å². The molecule has 0 fully saturated rings. The van der Waals surface area contributed by atoms with Crippen LogP contribution in [0.3, 0.4) is 0 Å². The van der Waals surface area contributed by atoms with Gasteiger partial charge < -0.3 is 26.5 Å². The van der Waals surface area contributed by atoms with Crippen LogP contribution in [-0.2, 0) is 0 Å². The minimum atomic E-state index is 0.901. The summed E-state index contributed by atoms with van der Waals surface area (Å²) in [6, 6.07) is 88.9. The van der Waals surface area contributed by atoms with Crippen molar-refractivity contribution in [1.29, 1.82) is 0 Å². The Labute approximate surface area is 482 Å². The first-order chi connectivity index (χ1) is 42.1. The van der Waals surface area contributed by atoms with Crippen molar-refractivity contribution >= 4 is 164 Å². The number of aromatic nitrogens is 2. The van der Waals surface area contributed by atoms with Crippen LogP contribution in [0.1, 0.15) is 5.56 Å². The molecule has 0 spiro atoms. The van der Waals surface area contributed by atoms with E-state index in [1.165, 1.54) is 93.1 Å². The van der Waals surface area contributed by atoms with Crippen molar-refractivity contribution in [1.82, 2.24) is 8.80 Å². The number of rotatable bonds is 3. The molecule has 8 heterocycles. The number of aryl methyl sites for hydroxylation is 1. The van der Waals surface area contributed by atoms with Gasteiger partial charge in [-0.2, -0.15) is 0 Å². The van der Waals surface area contributed by atoms with Gasteiger partial charge in [0.1, 0.15) is 22.3 Å². The van der Waals surface area contributed by atoms with Gasteiger partial charge in [0.15, 0.2) is 22.3 Å². The molecule has 0 radical (unpaired) electrons. The summed E-state index contributed by atoms with van der Waals surface area (Å²) < 4.78 is 31.4. The molecule has 6 nitrogen and oxygen atoms in total. The molecule has 0 saturated heterocycles. The SMILES string of the molecule is Cc1ccc(-c2cc3c4ccc5c6ccccc6oc5c4n4c3c(c2)c2ccc3c5ccccc5oc3c24)cc1.c1ccc(-c2ccc(-c3cc4c5ccc6c7ccccc7oc6c5n5c4c(c3)c3ccc4c6ccccc6oc4c35)cc2)cc1. The summed E-state index contributed by atoms with van der Waals surface area (Å²) in [5, 5.41) is 18.7. The highest BCUT2D eigenvalue weighted by atomic mass is 16.3. The van der Waals surface area contributed by atoms with E-state index in [1.54, 1.807) is 0 Å². The van der Waals surface area contributed by atoms with Gasteiger partial charge in [-0.15, -0.1) is 0 Å². The molecule has 8 aromatic heterocycles. The Bertz CT molecular complexity index is 6070. The Kier molecular flexibility index (Phi) is 8.76. The molecule has 0 N–H and O–H groups in total. The summed E-state index contributed by atoms with van der Waals surface area (Å²) in [6.45, 7) is 2.13. The van der Waals surface area contributed by atoms with Gasteiger partial charge in [-0.05, 0) is 113 Å². The summed E-state index contributed by atoms with van der Waals surface area (Å²) in [5.74, 6) is 0. The zero-order valence-electron chi connectivity index (χ0n) is 45.7. The van der Waals surface area contributed by atoms with Crippen LogP contribution in [0.25, 0.3) is 197 Å². The first-order valence-electron chi connectivity index (χ1n) is 29.0. The minimum absolute atomic E-state index is 0.901. The smallest absolute Gasteiger partial charge is 0.160 e. The first-order valence-corrected chi connectivity index (χ1v) is 29.0. The van der Waals surface area contributed by atoms with E-state index in [9.17, 15) is 0 Å². The highest BCUT2D eigenvalue weighted by Crippen LogP contribution is 2.50. The van der Waals surface area contributed by atoms with Crippen LogP contribution >= 0.6 is 0 Å². The number of furan rings is 4. The maximum atomic E-state index is 6.67. The van der Waals surface area contributed by atoms with Crippen LogP contribution in [0, 0.1) is 6.92 Å². The Morgan fingerprint density at radius 1 is 0.200 bits per heavy atom. The summed E-state index contributed by atoms with van der Waals surface area (Å²) in [4.78, 5) is 0. The maximum absolute atomic E-state index is 6.67. The van der Waals surface area contributed by atoms with Crippen molar-refractivity contribution in [3.8, 4) is 33.4 Å². The highest BCUT2D eigenvalue weighted by Gasteiger charge is 2.28. The zero-order chi connectivity index (χ0) is 55.3. The lowest BCUT2D eigenvalue weighted by Crippen LogP contribution is -1.82. The molecule has 0 saturated carbocycles. The standard InChI is InChI=1S/C42H23NO2.C37H21NO2/c1-2-8-24(9-3-1)25-14-16-26(17-15-25)27-22-34-30-18-20-32-28-10-4-6-12-36(28)44-41(32)39(30)43-38(34)35(23-27)31-19-21-33-29-11-5-7-13-37(29)45-42(33)40(31)43;1-20-10-12-21(13-11-20)22-18-29-25-14-16-27-23-6-2-4-8-31(23)39-36(27)34(25)38-33(29)30(19-22)26-15-17-28-24-7-3-5-9-32(24)40-37(28)35(26)38/h1-23H;2-19H,1H3. The predicted molar refractivity (Wildman–Crippen MR) is 352 cm³/mol. The van der Waals surface area contributed by atoms with E-state index in [-0.39, 0.29) is 0 Å². The second-order valence-electron chi connectivity index (χ2n) is 23.1. The van der Waals surface area contributed by atoms with Gasteiger partial charge in [0.25, 0.3) is 0 Å². The Hall–Kier alpha value is -11.3. The van der Waals surface area contributed by atoms with Gasteiger partial charge in [-0.1, -0.05) is 181 Å². The lowest BCUT2D eigenvalue weighted by Gasteiger charge is -2.07. The maximum Gasteiger partial charge on any atom is 0.160 e. The van der Waals surface area contributed by atoms with Gasteiger partial charge >= 0.3 is 0 Å². The van der Waals surface area contributed by atoms with Crippen molar-refractivity contribution in [2.24, 2.45) is 0 Å². The summed E-state index contributed by atoms with van der Waals surface area (Å²) in [7, 11) is 0. The molecule has 21 rings (SSSR count). The van der Waals surface area contributed by atoms with E-state index >= 15 is 0 Å². The lowest BCUT2D eigenvalue weighted by molar-refractivity contribution is 0.669. The fraction of sp³-hybridized carbons (Fsp3) is 0.0127. The van der Waals surface area contributed by atoms with Crippen molar-refractivity contribution in [3.05, 3.63) is 254 Å². The molecule has 0 unspecified atom stereocenters. The van der Waals surface area contributed by atoms with Gasteiger partial charge in [0.05, 0.1) is 33.1 Å². The number of hydrogen-bond donors (Lipinski definition) is 0. The molecule has 0 atom stereocenters. The van der Waals surface area contributed by atoms with E-state index in [1.807, 2.05) is 24.3 Å². The topological polar surface area (TPSA) is 61.4 Å². The van der Waals surface area contributed by atoms with Crippen LogP contribution in [0.5, 0.6) is 0 Å². The molecule has 0 bridgehead atoms. The normalized spacial score (nSPS) is 12.5. The van der Waals surface area contributed by atoms with Crippen molar-refractivity contribution in [3.63, 3.8) is 0 Å². The van der Waals surface area contributed by atoms with E-state index < -0.39 is 0 Å². The highest BCUT2D eigenvalue weighted by molar-refractivity contribution is 6.34. The summed E-state index contributed by atoms with van der Waals surface area (Å²) in [6.07, 6.45) is 0. The predicted octanol–water partition coefficient (Wildman–Crippen LogP) is 22.6. The largest absolute Gasteiger partial charge is 0.454 e. The fourth-order valence-electron chi connectivity index (χ4n) is 14.7. The zero-order valence-corrected chi connectivity index (χ0v) is 45.7. The summed E-state index contributed by atoms with van der Waals surface area (Å²) >= 11 is 0. The lowest BCUT2D eigenvalue weighted by atomic mass is 9.97. The summed E-state index contributed by atoms with van der Waals surface area (Å²) in [5.41, 5.74) is 22.5. The van der Waals surface area contributed by atoms with Gasteiger partial charge in [-0.3, -0.25) is 0 Å². The molecule has 21 aromatic rings. The monoisotopic (exact) mass is 1080 g/mol. The fourth-order valence-corrected chi connectivity index (χ4v) is 14.7. The number of para-hydroxylation sites is 4. The number of nitrogens with zero attached hydrogens (tertiary/aromatic N) is 2. The molecule has 394 valence electrons. The Morgan fingerprint density at radius 3 is 0.788 bits per heavy atom. The second kappa shape index (κ2) is 16.4. The van der Waals surface area contributed by atoms with E-state index in [0.29, 0.717) is 0 Å². The first kappa shape index (κ1) is 45.3. The van der Waals surface area contributed by atoms with Crippen LogP contribution in [0.4, 0.5) is 0 Å². The van der Waals surface area contributed by atoms with Crippen molar-refractivity contribution in [2.45, 2.75) is 6.92 Å². The van der Waals surface area contributed by atoms with Crippen molar-refractivity contribution < 1.29 is 17.7 Å². The third kappa shape index (κ3) is 6.06. The van der Waals surface area contributed by atoms with Crippen LogP contribution < -0.4 is 0 Å². The van der Waals surface area contributed by atoms with Gasteiger partial charge in [0.2, 0.25) is 0 Å². The van der Waals surface area contributed by atoms with Crippen LogP contribution in [0.2, 0.25) is 0 Å². The molecule has 0 aliphatic heterocycles.